The summed E-state index contributed by atoms with van der Waals surface area (Å²) in [5.41, 5.74) is 5.49. The highest BCUT2D eigenvalue weighted by atomic mass is 32.2. The molecule has 0 unspecified atom stereocenters. The predicted molar refractivity (Wildman–Crippen MR) is 78.1 cm³/mol. The Hall–Kier alpha value is -0.210. The lowest BCUT2D eigenvalue weighted by Crippen LogP contribution is -2.43. The van der Waals surface area contributed by atoms with Crippen LogP contribution in [-0.2, 0) is 10.2 Å². The van der Waals surface area contributed by atoms with E-state index < -0.39 is 10.2 Å². The summed E-state index contributed by atoms with van der Waals surface area (Å²) in [4.78, 5) is 2.34. The molecule has 0 aromatic carbocycles. The van der Waals surface area contributed by atoms with Crippen molar-refractivity contribution in [2.75, 3.05) is 45.8 Å². The monoisotopic (exact) mass is 292 g/mol. The van der Waals surface area contributed by atoms with Gasteiger partial charge < -0.3 is 10.6 Å². The maximum atomic E-state index is 12.0. The van der Waals surface area contributed by atoms with Crippen molar-refractivity contribution in [3.8, 4) is 0 Å². The highest BCUT2D eigenvalue weighted by Crippen LogP contribution is 2.08. The third-order valence-corrected chi connectivity index (χ3v) is 4.96. The summed E-state index contributed by atoms with van der Waals surface area (Å²) in [6.45, 7) is 7.22. The molecule has 114 valence electrons. The molecule has 6 nitrogen and oxygen atoms in total. The summed E-state index contributed by atoms with van der Waals surface area (Å²) < 4.78 is 28.3. The number of nitrogens with zero attached hydrogens (tertiary/aromatic N) is 2. The van der Waals surface area contributed by atoms with Crippen LogP contribution >= 0.6 is 0 Å². The third kappa shape index (κ3) is 6.18. The molecule has 3 N–H and O–H groups in total. The summed E-state index contributed by atoms with van der Waals surface area (Å²) in [6.07, 6.45) is 3.85. The standard InChI is InChI=1S/C12H28N4O2S/c1-2-7-14-19(17,18)16-10-5-9-15(11-12-16)8-4-3-6-13/h14H,2-13H2,1H3. The van der Waals surface area contributed by atoms with E-state index in [-0.39, 0.29) is 0 Å². The first kappa shape index (κ1) is 16.8. The molecule has 0 aliphatic carbocycles. The van der Waals surface area contributed by atoms with Gasteiger partial charge in [-0.15, -0.1) is 0 Å². The zero-order chi connectivity index (χ0) is 14.1. The molecule has 0 spiro atoms. The summed E-state index contributed by atoms with van der Waals surface area (Å²) in [6, 6.07) is 0. The second-order valence-electron chi connectivity index (χ2n) is 4.99. The topological polar surface area (TPSA) is 78.7 Å². The third-order valence-electron chi connectivity index (χ3n) is 3.35. The number of nitrogens with one attached hydrogen (secondary N) is 1. The molecule has 1 aliphatic heterocycles. The van der Waals surface area contributed by atoms with Gasteiger partial charge in [0, 0.05) is 26.2 Å². The Balaban J connectivity index is 2.40. The molecule has 7 heteroatoms. The number of unbranched alkanes of at least 4 members (excludes halogenated alkanes) is 1. The molecule has 1 fully saturated rings. The SMILES string of the molecule is CCCNS(=O)(=O)N1CCCN(CCCCN)CC1. The second kappa shape index (κ2) is 8.86. The lowest BCUT2D eigenvalue weighted by molar-refractivity contribution is 0.281. The van der Waals surface area contributed by atoms with Gasteiger partial charge in [0.1, 0.15) is 0 Å². The average molecular weight is 292 g/mol. The van der Waals surface area contributed by atoms with Crippen molar-refractivity contribution >= 4 is 10.2 Å². The number of hydrogen-bond donors (Lipinski definition) is 2. The van der Waals surface area contributed by atoms with Crippen LogP contribution < -0.4 is 10.5 Å². The Morgan fingerprint density at radius 2 is 1.95 bits per heavy atom. The van der Waals surface area contributed by atoms with Gasteiger partial charge in [0.25, 0.3) is 10.2 Å². The van der Waals surface area contributed by atoms with Crippen LogP contribution in [0.25, 0.3) is 0 Å². The van der Waals surface area contributed by atoms with E-state index in [9.17, 15) is 8.42 Å². The van der Waals surface area contributed by atoms with Crippen LogP contribution in [0.4, 0.5) is 0 Å². The van der Waals surface area contributed by atoms with Crippen LogP contribution in [0.15, 0.2) is 0 Å². The fourth-order valence-electron chi connectivity index (χ4n) is 2.21. The zero-order valence-corrected chi connectivity index (χ0v) is 12.8. The minimum absolute atomic E-state index is 0.513. The van der Waals surface area contributed by atoms with E-state index in [2.05, 4.69) is 9.62 Å². The zero-order valence-electron chi connectivity index (χ0n) is 12.0. The molecular formula is C12H28N4O2S. The molecule has 1 rings (SSSR count). The molecule has 1 aliphatic rings. The van der Waals surface area contributed by atoms with Crippen molar-refractivity contribution in [3.63, 3.8) is 0 Å². The highest BCUT2D eigenvalue weighted by Gasteiger charge is 2.24. The molecule has 0 aromatic rings. The van der Waals surface area contributed by atoms with E-state index in [0.29, 0.717) is 19.6 Å². The van der Waals surface area contributed by atoms with Crippen molar-refractivity contribution < 1.29 is 8.42 Å². The van der Waals surface area contributed by atoms with Gasteiger partial charge in [-0.2, -0.15) is 12.7 Å². The minimum Gasteiger partial charge on any atom is -0.330 e. The van der Waals surface area contributed by atoms with E-state index in [1.807, 2.05) is 6.92 Å². The first-order valence-electron chi connectivity index (χ1n) is 7.27. The Morgan fingerprint density at radius 1 is 1.16 bits per heavy atom. The van der Waals surface area contributed by atoms with Gasteiger partial charge in [-0.3, -0.25) is 0 Å². The van der Waals surface area contributed by atoms with Crippen molar-refractivity contribution in [2.45, 2.75) is 32.6 Å². The molecule has 0 radical (unpaired) electrons. The Bertz CT molecular complexity index is 335. The van der Waals surface area contributed by atoms with Crippen molar-refractivity contribution in [3.05, 3.63) is 0 Å². The van der Waals surface area contributed by atoms with Gasteiger partial charge >= 0.3 is 0 Å². The van der Waals surface area contributed by atoms with Crippen LogP contribution in [0.2, 0.25) is 0 Å². The van der Waals surface area contributed by atoms with Gasteiger partial charge in [0.2, 0.25) is 0 Å². The van der Waals surface area contributed by atoms with Gasteiger partial charge in [0.15, 0.2) is 0 Å². The van der Waals surface area contributed by atoms with Crippen LogP contribution in [0.5, 0.6) is 0 Å². The summed E-state index contributed by atoms with van der Waals surface area (Å²) >= 11 is 0. The van der Waals surface area contributed by atoms with E-state index in [1.54, 1.807) is 4.31 Å². The van der Waals surface area contributed by atoms with Crippen molar-refractivity contribution in [2.24, 2.45) is 5.73 Å². The summed E-state index contributed by atoms with van der Waals surface area (Å²) in [5.74, 6) is 0. The molecule has 0 aromatic heterocycles. The fourth-order valence-corrected chi connectivity index (χ4v) is 3.55. The van der Waals surface area contributed by atoms with Gasteiger partial charge in [-0.05, 0) is 45.3 Å². The number of nitrogens with two attached hydrogens (primary N) is 1. The largest absolute Gasteiger partial charge is 0.330 e. The Kier molecular flexibility index (Phi) is 7.86. The molecule has 19 heavy (non-hydrogen) atoms. The minimum atomic E-state index is -3.28. The normalized spacial score (nSPS) is 19.5. The van der Waals surface area contributed by atoms with Crippen molar-refractivity contribution in [1.82, 2.24) is 13.9 Å². The first-order chi connectivity index (χ1) is 9.10. The Morgan fingerprint density at radius 3 is 2.63 bits per heavy atom. The first-order valence-corrected chi connectivity index (χ1v) is 8.71. The maximum absolute atomic E-state index is 12.0. The van der Waals surface area contributed by atoms with Crippen LogP contribution in [0, 0.1) is 0 Å². The smallest absolute Gasteiger partial charge is 0.279 e. The van der Waals surface area contributed by atoms with Crippen LogP contribution in [0.1, 0.15) is 32.6 Å². The molecule has 0 bridgehead atoms. The lowest BCUT2D eigenvalue weighted by atomic mass is 10.3. The fraction of sp³-hybridized carbons (Fsp3) is 1.00. The van der Waals surface area contributed by atoms with Crippen LogP contribution in [0.3, 0.4) is 0 Å². The quantitative estimate of drug-likeness (QED) is 0.616. The van der Waals surface area contributed by atoms with E-state index in [1.165, 1.54) is 0 Å². The molecule has 1 saturated heterocycles. The molecule has 0 amide bonds. The van der Waals surface area contributed by atoms with E-state index in [0.717, 1.165) is 51.9 Å². The molecular weight excluding hydrogens is 264 g/mol. The van der Waals surface area contributed by atoms with Gasteiger partial charge in [-0.1, -0.05) is 6.92 Å². The number of rotatable bonds is 8. The Labute approximate surface area is 117 Å². The molecule has 0 atom stereocenters. The average Bonchev–Trinajstić information content (AvgIpc) is 2.63. The van der Waals surface area contributed by atoms with Gasteiger partial charge in [0.05, 0.1) is 0 Å². The lowest BCUT2D eigenvalue weighted by Gasteiger charge is -2.21. The van der Waals surface area contributed by atoms with Crippen molar-refractivity contribution in [1.29, 1.82) is 0 Å². The summed E-state index contributed by atoms with van der Waals surface area (Å²) in [7, 11) is -3.28. The number of hydrogen-bond acceptors (Lipinski definition) is 4. The van der Waals surface area contributed by atoms with Crippen LogP contribution in [-0.4, -0.2) is 63.4 Å². The van der Waals surface area contributed by atoms with E-state index in [4.69, 9.17) is 5.73 Å². The predicted octanol–water partition coefficient (Wildman–Crippen LogP) is -0.0226. The van der Waals surface area contributed by atoms with Gasteiger partial charge in [-0.25, -0.2) is 4.72 Å². The molecule has 0 saturated carbocycles. The highest BCUT2D eigenvalue weighted by molar-refractivity contribution is 7.87. The summed E-state index contributed by atoms with van der Waals surface area (Å²) in [5, 5.41) is 0. The molecule has 1 heterocycles. The maximum Gasteiger partial charge on any atom is 0.279 e. The second-order valence-corrected chi connectivity index (χ2v) is 6.74. The van der Waals surface area contributed by atoms with E-state index >= 15 is 0 Å².